The van der Waals surface area contributed by atoms with Crippen molar-refractivity contribution in [3.8, 4) is 12.3 Å². The van der Waals surface area contributed by atoms with Crippen molar-refractivity contribution < 1.29 is 0 Å². The first-order valence-corrected chi connectivity index (χ1v) is 6.51. The molecule has 0 aliphatic heterocycles. The molecule has 2 N–H and O–H groups in total. The van der Waals surface area contributed by atoms with E-state index in [1.807, 2.05) is 13.1 Å². The van der Waals surface area contributed by atoms with E-state index < -0.39 is 0 Å². The summed E-state index contributed by atoms with van der Waals surface area (Å²) < 4.78 is 0. The second-order valence-electron chi connectivity index (χ2n) is 3.33. The Bertz CT molecular complexity index is 408. The third-order valence-electron chi connectivity index (χ3n) is 2.02. The molecule has 0 amide bonds. The first kappa shape index (κ1) is 17.2. The van der Waals surface area contributed by atoms with Gasteiger partial charge in [0.25, 0.3) is 0 Å². The molecule has 0 fully saturated rings. The highest BCUT2D eigenvalue weighted by molar-refractivity contribution is 14.0. The standard InChI is InChI=1S/C12H18N4S.HI/c1-4-7-14-12(13-6-3)16-9-11-15-8-10(5-2)17-11;/h1,8H,5-7,9H2,2-3H3,(H2,13,14,16);1H. The summed E-state index contributed by atoms with van der Waals surface area (Å²) in [7, 11) is 0. The molecule has 0 spiro atoms. The smallest absolute Gasteiger partial charge is 0.192 e. The van der Waals surface area contributed by atoms with Crippen molar-refractivity contribution in [1.29, 1.82) is 0 Å². The Balaban J connectivity index is 0.00000289. The summed E-state index contributed by atoms with van der Waals surface area (Å²) in [5, 5.41) is 7.20. The number of rotatable bonds is 5. The molecule has 0 aliphatic carbocycles. The first-order chi connectivity index (χ1) is 8.30. The van der Waals surface area contributed by atoms with Gasteiger partial charge in [-0.05, 0) is 13.3 Å². The molecular formula is C12H19IN4S. The fourth-order valence-corrected chi connectivity index (χ4v) is 1.99. The number of thiazole rings is 1. The number of hydrogen-bond acceptors (Lipinski definition) is 3. The molecule has 0 aliphatic rings. The molecular weight excluding hydrogens is 359 g/mol. The number of terminal acetylenes is 1. The first-order valence-electron chi connectivity index (χ1n) is 5.69. The van der Waals surface area contributed by atoms with Gasteiger partial charge in [0.2, 0.25) is 0 Å². The second kappa shape index (κ2) is 10.1. The highest BCUT2D eigenvalue weighted by atomic mass is 127. The predicted octanol–water partition coefficient (Wildman–Crippen LogP) is 2.01. The SMILES string of the molecule is C#CCNC(=NCc1ncc(CC)s1)NCC.I. The summed E-state index contributed by atoms with van der Waals surface area (Å²) in [5.41, 5.74) is 0. The summed E-state index contributed by atoms with van der Waals surface area (Å²) in [6, 6.07) is 0. The summed E-state index contributed by atoms with van der Waals surface area (Å²) in [6.07, 6.45) is 8.13. The summed E-state index contributed by atoms with van der Waals surface area (Å²) in [6.45, 7) is 6.02. The van der Waals surface area contributed by atoms with E-state index >= 15 is 0 Å². The molecule has 1 rings (SSSR count). The summed E-state index contributed by atoms with van der Waals surface area (Å²) >= 11 is 1.70. The Morgan fingerprint density at radius 2 is 2.28 bits per heavy atom. The lowest BCUT2D eigenvalue weighted by Crippen LogP contribution is -2.37. The van der Waals surface area contributed by atoms with Crippen LogP contribution in [0, 0.1) is 12.3 Å². The Hall–Kier alpha value is -0.810. The van der Waals surface area contributed by atoms with Crippen molar-refractivity contribution in [2.45, 2.75) is 26.8 Å². The maximum Gasteiger partial charge on any atom is 0.192 e. The average molecular weight is 378 g/mol. The average Bonchev–Trinajstić information content (AvgIpc) is 2.80. The quantitative estimate of drug-likeness (QED) is 0.357. The van der Waals surface area contributed by atoms with Crippen LogP contribution < -0.4 is 10.6 Å². The van der Waals surface area contributed by atoms with Gasteiger partial charge in [-0.1, -0.05) is 12.8 Å². The van der Waals surface area contributed by atoms with Gasteiger partial charge in [0.1, 0.15) is 5.01 Å². The minimum atomic E-state index is 0. The zero-order valence-corrected chi connectivity index (χ0v) is 13.8. The van der Waals surface area contributed by atoms with E-state index in [-0.39, 0.29) is 24.0 Å². The van der Waals surface area contributed by atoms with Crippen molar-refractivity contribution in [1.82, 2.24) is 15.6 Å². The minimum Gasteiger partial charge on any atom is -0.357 e. The van der Waals surface area contributed by atoms with Gasteiger partial charge in [-0.25, -0.2) is 9.98 Å². The number of nitrogens with zero attached hydrogens (tertiary/aromatic N) is 2. The number of hydrogen-bond donors (Lipinski definition) is 2. The van der Waals surface area contributed by atoms with Gasteiger partial charge in [-0.2, -0.15) is 0 Å². The Morgan fingerprint density at radius 1 is 1.50 bits per heavy atom. The maximum absolute atomic E-state index is 5.20. The molecule has 0 saturated heterocycles. The van der Waals surface area contributed by atoms with Crippen molar-refractivity contribution in [2.24, 2.45) is 4.99 Å². The van der Waals surface area contributed by atoms with Gasteiger partial charge in [-0.15, -0.1) is 41.7 Å². The Labute approximate surface area is 130 Å². The molecule has 0 saturated carbocycles. The minimum absolute atomic E-state index is 0. The van der Waals surface area contributed by atoms with Crippen molar-refractivity contribution in [2.75, 3.05) is 13.1 Å². The van der Waals surface area contributed by atoms with Crippen LogP contribution in [0.5, 0.6) is 0 Å². The van der Waals surface area contributed by atoms with Crippen LogP contribution in [0.25, 0.3) is 0 Å². The van der Waals surface area contributed by atoms with E-state index in [0.29, 0.717) is 13.1 Å². The van der Waals surface area contributed by atoms with Gasteiger partial charge in [0.15, 0.2) is 5.96 Å². The molecule has 6 heteroatoms. The number of guanidine groups is 1. The highest BCUT2D eigenvalue weighted by Gasteiger charge is 2.00. The van der Waals surface area contributed by atoms with Gasteiger partial charge in [0, 0.05) is 17.6 Å². The lowest BCUT2D eigenvalue weighted by atomic mass is 10.4. The van der Waals surface area contributed by atoms with E-state index in [1.165, 1.54) is 4.88 Å². The van der Waals surface area contributed by atoms with Gasteiger partial charge < -0.3 is 10.6 Å². The molecule has 0 radical (unpaired) electrons. The summed E-state index contributed by atoms with van der Waals surface area (Å²) in [4.78, 5) is 10.0. The van der Waals surface area contributed by atoms with Crippen LogP contribution in [0.4, 0.5) is 0 Å². The third kappa shape index (κ3) is 6.21. The lowest BCUT2D eigenvalue weighted by molar-refractivity contribution is 0.863. The van der Waals surface area contributed by atoms with Crippen molar-refractivity contribution in [3.63, 3.8) is 0 Å². The van der Waals surface area contributed by atoms with Gasteiger partial charge >= 0.3 is 0 Å². The van der Waals surface area contributed by atoms with E-state index in [2.05, 4.69) is 33.5 Å². The van der Waals surface area contributed by atoms with Crippen LogP contribution >= 0.6 is 35.3 Å². The fourth-order valence-electron chi connectivity index (χ4n) is 1.21. The van der Waals surface area contributed by atoms with Crippen LogP contribution in [-0.4, -0.2) is 24.0 Å². The molecule has 18 heavy (non-hydrogen) atoms. The van der Waals surface area contributed by atoms with Crippen LogP contribution in [0.1, 0.15) is 23.7 Å². The molecule has 100 valence electrons. The lowest BCUT2D eigenvalue weighted by Gasteiger charge is -2.07. The molecule has 0 unspecified atom stereocenters. The third-order valence-corrected chi connectivity index (χ3v) is 3.15. The molecule has 1 aromatic rings. The van der Waals surface area contributed by atoms with E-state index in [0.717, 1.165) is 23.9 Å². The molecule has 0 aromatic carbocycles. The monoisotopic (exact) mass is 378 g/mol. The number of aryl methyl sites for hydroxylation is 1. The van der Waals surface area contributed by atoms with E-state index in [9.17, 15) is 0 Å². The van der Waals surface area contributed by atoms with Crippen LogP contribution in [-0.2, 0) is 13.0 Å². The zero-order valence-electron chi connectivity index (χ0n) is 10.7. The van der Waals surface area contributed by atoms with Crippen molar-refractivity contribution >= 4 is 41.3 Å². The van der Waals surface area contributed by atoms with E-state index in [4.69, 9.17) is 6.42 Å². The largest absolute Gasteiger partial charge is 0.357 e. The van der Waals surface area contributed by atoms with Gasteiger partial charge in [-0.3, -0.25) is 0 Å². The second-order valence-corrected chi connectivity index (χ2v) is 4.53. The fraction of sp³-hybridized carbons (Fsp3) is 0.500. The van der Waals surface area contributed by atoms with Crippen LogP contribution in [0.15, 0.2) is 11.2 Å². The van der Waals surface area contributed by atoms with Crippen LogP contribution in [0.3, 0.4) is 0 Å². The van der Waals surface area contributed by atoms with Crippen LogP contribution in [0.2, 0.25) is 0 Å². The molecule has 4 nitrogen and oxygen atoms in total. The topological polar surface area (TPSA) is 49.3 Å². The molecule has 0 atom stereocenters. The number of halogens is 1. The number of nitrogens with one attached hydrogen (secondary N) is 2. The van der Waals surface area contributed by atoms with Crippen molar-refractivity contribution in [3.05, 3.63) is 16.1 Å². The number of aliphatic imine (C=N–C) groups is 1. The molecule has 1 aromatic heterocycles. The zero-order chi connectivity index (χ0) is 12.5. The van der Waals surface area contributed by atoms with Gasteiger partial charge in [0.05, 0.1) is 13.1 Å². The summed E-state index contributed by atoms with van der Waals surface area (Å²) in [5.74, 6) is 3.26. The molecule has 0 bridgehead atoms. The predicted molar refractivity (Wildman–Crippen MR) is 88.6 cm³/mol. The highest BCUT2D eigenvalue weighted by Crippen LogP contribution is 2.13. The Kier molecular flexibility index (Phi) is 9.69. The maximum atomic E-state index is 5.20. The van der Waals surface area contributed by atoms with E-state index in [1.54, 1.807) is 11.3 Å². The normalized spacial score (nSPS) is 10.4. The number of aromatic nitrogens is 1. The molecule has 1 heterocycles. The Morgan fingerprint density at radius 3 is 2.83 bits per heavy atom.